The van der Waals surface area contributed by atoms with E-state index in [1.807, 2.05) is 0 Å². The topological polar surface area (TPSA) is 9.23 Å². The van der Waals surface area contributed by atoms with Gasteiger partial charge in [0, 0.05) is 5.56 Å². The zero-order chi connectivity index (χ0) is 31.1. The summed E-state index contributed by atoms with van der Waals surface area (Å²) in [5, 5.41) is 0. The highest BCUT2D eigenvalue weighted by atomic mass is 19.4. The molecule has 0 heterocycles. The van der Waals surface area contributed by atoms with Gasteiger partial charge in [0.25, 0.3) is 0 Å². The Morgan fingerprint density at radius 1 is 0.721 bits per heavy atom. The maximum absolute atomic E-state index is 15.7. The van der Waals surface area contributed by atoms with Crippen LogP contribution in [0.5, 0.6) is 5.75 Å². The van der Waals surface area contributed by atoms with Crippen molar-refractivity contribution in [2.75, 3.05) is 0 Å². The normalized spacial score (nSPS) is 20.7. The molecule has 0 radical (unpaired) electrons. The summed E-state index contributed by atoms with van der Waals surface area (Å²) in [6.45, 7) is 1.73. The van der Waals surface area contributed by atoms with E-state index in [1.165, 1.54) is 6.07 Å². The van der Waals surface area contributed by atoms with Gasteiger partial charge < -0.3 is 4.74 Å². The second kappa shape index (κ2) is 12.4. The Hall–Kier alpha value is -3.17. The van der Waals surface area contributed by atoms with Gasteiger partial charge in [0.05, 0.1) is 0 Å². The van der Waals surface area contributed by atoms with Crippen LogP contribution in [0.1, 0.15) is 90.7 Å². The summed E-state index contributed by atoms with van der Waals surface area (Å²) in [4.78, 5) is 0. The smallest absolute Gasteiger partial charge is 0.403 e. The summed E-state index contributed by atoms with van der Waals surface area (Å²) in [5.41, 5.74) is 0.817. The molecule has 1 saturated carbocycles. The van der Waals surface area contributed by atoms with E-state index in [2.05, 4.69) is 4.74 Å². The fraction of sp³-hybridized carbons (Fsp3) is 0.455. The molecule has 5 rings (SSSR count). The number of hydrogen-bond donors (Lipinski definition) is 0. The molecular formula is C33H31F9O. The molecule has 3 aromatic rings. The first-order valence-corrected chi connectivity index (χ1v) is 14.6. The Balaban J connectivity index is 1.26. The van der Waals surface area contributed by atoms with Gasteiger partial charge in [-0.05, 0) is 122 Å². The Morgan fingerprint density at radius 3 is 2.02 bits per heavy atom. The van der Waals surface area contributed by atoms with Crippen LogP contribution in [-0.4, -0.2) is 6.36 Å². The number of rotatable bonds is 7. The van der Waals surface area contributed by atoms with Crippen molar-refractivity contribution in [1.29, 1.82) is 0 Å². The van der Waals surface area contributed by atoms with Crippen LogP contribution in [0.3, 0.4) is 0 Å². The van der Waals surface area contributed by atoms with Crippen molar-refractivity contribution >= 4 is 0 Å². The van der Waals surface area contributed by atoms with Gasteiger partial charge >= 0.3 is 6.36 Å². The Labute approximate surface area is 244 Å². The lowest BCUT2D eigenvalue weighted by Gasteiger charge is -2.32. The molecule has 1 unspecified atom stereocenters. The summed E-state index contributed by atoms with van der Waals surface area (Å²) in [6, 6.07) is 6.32. The lowest BCUT2D eigenvalue weighted by Crippen LogP contribution is -2.23. The highest BCUT2D eigenvalue weighted by Gasteiger charge is 2.36. The van der Waals surface area contributed by atoms with Crippen LogP contribution in [0.4, 0.5) is 39.5 Å². The number of alkyl halides is 3. The van der Waals surface area contributed by atoms with Crippen molar-refractivity contribution in [3.05, 3.63) is 98.6 Å². The molecule has 232 valence electrons. The van der Waals surface area contributed by atoms with E-state index in [0.29, 0.717) is 50.5 Å². The first-order valence-electron chi connectivity index (χ1n) is 14.6. The summed E-state index contributed by atoms with van der Waals surface area (Å²) in [5.74, 6) is -7.90. The summed E-state index contributed by atoms with van der Waals surface area (Å²) >= 11 is 0. The molecular weight excluding hydrogens is 583 g/mol. The minimum atomic E-state index is -5.03. The number of aryl methyl sites for hydroxylation is 2. The van der Waals surface area contributed by atoms with Gasteiger partial charge in [-0.1, -0.05) is 25.1 Å². The van der Waals surface area contributed by atoms with Crippen molar-refractivity contribution in [3.8, 4) is 5.75 Å². The Kier molecular flexibility index (Phi) is 9.05. The van der Waals surface area contributed by atoms with E-state index in [-0.39, 0.29) is 58.9 Å². The third-order valence-corrected chi connectivity index (χ3v) is 9.09. The van der Waals surface area contributed by atoms with Crippen LogP contribution in [0, 0.1) is 40.8 Å². The van der Waals surface area contributed by atoms with Crippen molar-refractivity contribution in [3.63, 3.8) is 0 Å². The first-order chi connectivity index (χ1) is 20.4. The van der Waals surface area contributed by atoms with E-state index in [0.717, 1.165) is 12.1 Å². The predicted molar refractivity (Wildman–Crippen MR) is 143 cm³/mol. The highest BCUT2D eigenvalue weighted by molar-refractivity contribution is 5.41. The molecule has 0 amide bonds. The van der Waals surface area contributed by atoms with Crippen molar-refractivity contribution in [2.24, 2.45) is 5.92 Å². The fourth-order valence-corrected chi connectivity index (χ4v) is 6.74. The maximum atomic E-state index is 15.7. The Morgan fingerprint density at radius 2 is 1.37 bits per heavy atom. The average Bonchev–Trinajstić information content (AvgIpc) is 2.97. The predicted octanol–water partition coefficient (Wildman–Crippen LogP) is 10.2. The van der Waals surface area contributed by atoms with Crippen molar-refractivity contribution in [2.45, 2.75) is 89.3 Å². The van der Waals surface area contributed by atoms with E-state index in [4.69, 9.17) is 0 Å². The van der Waals surface area contributed by atoms with Crippen LogP contribution in [0.15, 0.2) is 30.3 Å². The number of ether oxygens (including phenoxy) is 1. The molecule has 10 heteroatoms. The molecule has 0 bridgehead atoms. The van der Waals surface area contributed by atoms with E-state index >= 15 is 13.2 Å². The molecule has 0 spiro atoms. The van der Waals surface area contributed by atoms with E-state index < -0.39 is 52.9 Å². The Bertz CT molecular complexity index is 1490. The second-order valence-corrected chi connectivity index (χ2v) is 11.6. The van der Waals surface area contributed by atoms with Gasteiger partial charge in [0.15, 0.2) is 34.8 Å². The summed E-state index contributed by atoms with van der Waals surface area (Å²) < 4.78 is 130. The first kappa shape index (κ1) is 31.3. The molecule has 2 aliphatic rings. The van der Waals surface area contributed by atoms with Crippen LogP contribution in [0.2, 0.25) is 0 Å². The molecule has 2 aliphatic carbocycles. The lowest BCUT2D eigenvalue weighted by molar-refractivity contribution is -0.275. The van der Waals surface area contributed by atoms with Crippen molar-refractivity contribution < 1.29 is 44.3 Å². The SMILES string of the molecule is CCc1ccc(CCC2CCc3c(F)c(C4CCC(c5ccc(OC(F)(F)F)c(F)c5)CC4)c(F)c(F)c3C2)c(F)c1F. The van der Waals surface area contributed by atoms with E-state index in [9.17, 15) is 26.3 Å². The molecule has 1 fully saturated rings. The number of fused-ring (bicyclic) bond motifs is 1. The van der Waals surface area contributed by atoms with Crippen LogP contribution < -0.4 is 4.74 Å². The van der Waals surface area contributed by atoms with Crippen LogP contribution >= 0.6 is 0 Å². The molecule has 0 aliphatic heterocycles. The molecule has 3 aromatic carbocycles. The molecule has 43 heavy (non-hydrogen) atoms. The molecule has 0 aromatic heterocycles. The number of hydrogen-bond acceptors (Lipinski definition) is 1. The second-order valence-electron chi connectivity index (χ2n) is 11.6. The lowest BCUT2D eigenvalue weighted by atomic mass is 9.73. The molecule has 0 N–H and O–H groups in total. The number of halogens is 9. The van der Waals surface area contributed by atoms with Gasteiger partial charge in [-0.2, -0.15) is 0 Å². The van der Waals surface area contributed by atoms with Crippen LogP contribution in [-0.2, 0) is 25.7 Å². The quantitative estimate of drug-likeness (QED) is 0.190. The summed E-state index contributed by atoms with van der Waals surface area (Å²) in [7, 11) is 0. The highest BCUT2D eigenvalue weighted by Crippen LogP contribution is 2.45. The van der Waals surface area contributed by atoms with Gasteiger partial charge in [0.1, 0.15) is 5.82 Å². The minimum Gasteiger partial charge on any atom is -0.403 e. The average molecular weight is 615 g/mol. The zero-order valence-electron chi connectivity index (χ0n) is 23.5. The maximum Gasteiger partial charge on any atom is 0.573 e. The zero-order valence-corrected chi connectivity index (χ0v) is 23.5. The van der Waals surface area contributed by atoms with Gasteiger partial charge in [-0.3, -0.25) is 0 Å². The monoisotopic (exact) mass is 614 g/mol. The van der Waals surface area contributed by atoms with Crippen LogP contribution in [0.25, 0.3) is 0 Å². The standard InChI is InChI=1S/C33H31F9O/c1-2-18-6-11-21(29(36)28(18)35)5-3-17-4-13-23-24(15-17)31(38)32(39)27(30(23)37)20-9-7-19(8-10-20)22-12-14-26(25(34)16-22)43-33(40,41)42/h6,11-12,14,16-17,19-20H,2-5,7-10,13,15H2,1H3. The molecule has 1 nitrogen and oxygen atoms in total. The molecule has 0 saturated heterocycles. The third kappa shape index (κ3) is 6.53. The fourth-order valence-electron chi connectivity index (χ4n) is 6.74. The van der Waals surface area contributed by atoms with Gasteiger partial charge in [-0.25, -0.2) is 26.3 Å². The minimum absolute atomic E-state index is 0.00619. The third-order valence-electron chi connectivity index (χ3n) is 9.09. The molecule has 1 atom stereocenters. The largest absolute Gasteiger partial charge is 0.573 e. The van der Waals surface area contributed by atoms with Gasteiger partial charge in [-0.15, -0.1) is 13.2 Å². The summed E-state index contributed by atoms with van der Waals surface area (Å²) in [6.07, 6.45) is -1.87. The van der Waals surface area contributed by atoms with Gasteiger partial charge in [0.2, 0.25) is 0 Å². The number of benzene rings is 3. The van der Waals surface area contributed by atoms with Crippen molar-refractivity contribution in [1.82, 2.24) is 0 Å². The van der Waals surface area contributed by atoms with E-state index in [1.54, 1.807) is 19.1 Å².